The maximum absolute atomic E-state index is 8.81. The van der Waals surface area contributed by atoms with Gasteiger partial charge in [0.15, 0.2) is 0 Å². The number of hydrogen-bond donors (Lipinski definition) is 2. The molecule has 0 radical (unpaired) electrons. The Balaban J connectivity index is 0.000000878. The monoisotopic (exact) mass is 382 g/mol. The van der Waals surface area contributed by atoms with E-state index in [2.05, 4.69) is 40.7 Å². The second-order valence-electron chi connectivity index (χ2n) is 6.24. The molecule has 2 N–H and O–H groups in total. The average molecular weight is 382 g/mol. The van der Waals surface area contributed by atoms with E-state index >= 15 is 0 Å². The van der Waals surface area contributed by atoms with Gasteiger partial charge in [0.2, 0.25) is 0 Å². The predicted octanol–water partition coefficient (Wildman–Crippen LogP) is 3.56. The van der Waals surface area contributed by atoms with Crippen molar-refractivity contribution in [3.8, 4) is 17.1 Å². The molecule has 0 aliphatic heterocycles. The molecule has 6 heteroatoms. The van der Waals surface area contributed by atoms with E-state index in [0.29, 0.717) is 6.61 Å². The van der Waals surface area contributed by atoms with Gasteiger partial charge in [-0.1, -0.05) is 29.8 Å². The summed E-state index contributed by atoms with van der Waals surface area (Å²) in [6.45, 7) is 3.13. The smallest absolute Gasteiger partial charge is 0.290 e. The Morgan fingerprint density at radius 2 is 1.79 bits per heavy atom. The first-order valence-corrected chi connectivity index (χ1v) is 9.16. The molecule has 2 aromatic carbocycles. The third-order valence-corrected chi connectivity index (χ3v) is 4.17. The van der Waals surface area contributed by atoms with Crippen LogP contribution in [0, 0.1) is 6.92 Å². The molecule has 0 amide bonds. The summed E-state index contributed by atoms with van der Waals surface area (Å²) in [5.41, 5.74) is 3.74. The van der Waals surface area contributed by atoms with Crippen molar-refractivity contribution in [2.24, 2.45) is 0 Å². The zero-order chi connectivity index (χ0) is 20.2. The first-order chi connectivity index (χ1) is 13.7. The van der Waals surface area contributed by atoms with Crippen molar-refractivity contribution in [3.63, 3.8) is 0 Å². The summed E-state index contributed by atoms with van der Waals surface area (Å²) in [6.07, 6.45) is 6.01. The van der Waals surface area contributed by atoms with E-state index < -0.39 is 0 Å². The van der Waals surface area contributed by atoms with E-state index in [-0.39, 0.29) is 13.1 Å². The Labute approximate surface area is 165 Å². The van der Waals surface area contributed by atoms with Crippen molar-refractivity contribution in [1.82, 2.24) is 9.55 Å². The largest absolute Gasteiger partial charge is 0.491 e. The molecular weight excluding hydrogens is 356 g/mol. The third-order valence-electron chi connectivity index (χ3n) is 4.17. The van der Waals surface area contributed by atoms with Gasteiger partial charge in [0, 0.05) is 24.5 Å². The number of aliphatic hydroxyl groups is 1. The molecule has 0 aliphatic rings. The van der Waals surface area contributed by atoms with Crippen LogP contribution in [0.4, 0.5) is 0 Å². The van der Waals surface area contributed by atoms with Crippen LogP contribution in [0.5, 0.6) is 5.75 Å². The summed E-state index contributed by atoms with van der Waals surface area (Å²) in [5, 5.41) is 15.7. The highest BCUT2D eigenvalue weighted by atomic mass is 16.5. The van der Waals surface area contributed by atoms with Gasteiger partial charge in [-0.05, 0) is 49.6 Å². The minimum Gasteiger partial charge on any atom is -0.491 e. The normalized spacial score (nSPS) is 10.1. The number of ether oxygens (including phenoxy) is 1. The molecule has 28 heavy (non-hydrogen) atoms. The number of imidazole rings is 1. The van der Waals surface area contributed by atoms with E-state index in [1.165, 1.54) is 11.1 Å². The van der Waals surface area contributed by atoms with E-state index in [4.69, 9.17) is 19.7 Å². The van der Waals surface area contributed by atoms with Crippen LogP contribution in [-0.4, -0.2) is 39.5 Å². The number of aryl methyl sites for hydroxylation is 3. The molecule has 6 nitrogen and oxygen atoms in total. The summed E-state index contributed by atoms with van der Waals surface area (Å²) in [7, 11) is 0. The number of carbonyl (C=O) groups is 1. The van der Waals surface area contributed by atoms with Crippen molar-refractivity contribution >= 4 is 6.47 Å². The molecule has 3 rings (SSSR count). The molecule has 1 heterocycles. The molecule has 148 valence electrons. The van der Waals surface area contributed by atoms with Gasteiger partial charge in [-0.15, -0.1) is 0 Å². The van der Waals surface area contributed by atoms with E-state index in [9.17, 15) is 0 Å². The van der Waals surface area contributed by atoms with Crippen LogP contribution in [0.2, 0.25) is 0 Å². The number of rotatable bonds is 8. The zero-order valence-electron chi connectivity index (χ0n) is 16.0. The fourth-order valence-corrected chi connectivity index (χ4v) is 2.82. The van der Waals surface area contributed by atoms with Gasteiger partial charge < -0.3 is 19.5 Å². The van der Waals surface area contributed by atoms with Crippen LogP contribution in [-0.2, 0) is 17.8 Å². The lowest BCUT2D eigenvalue weighted by Crippen LogP contribution is -2.02. The molecule has 3 aromatic rings. The summed E-state index contributed by atoms with van der Waals surface area (Å²) < 4.78 is 7.60. The quantitative estimate of drug-likeness (QED) is 0.582. The van der Waals surface area contributed by atoms with Crippen molar-refractivity contribution in [3.05, 3.63) is 72.1 Å². The van der Waals surface area contributed by atoms with Gasteiger partial charge in [-0.25, -0.2) is 4.98 Å². The second kappa shape index (κ2) is 11.6. The number of aromatic nitrogens is 2. The molecule has 0 bridgehead atoms. The topological polar surface area (TPSA) is 84.6 Å². The van der Waals surface area contributed by atoms with Gasteiger partial charge in [-0.2, -0.15) is 0 Å². The van der Waals surface area contributed by atoms with Gasteiger partial charge in [0.05, 0.1) is 6.61 Å². The van der Waals surface area contributed by atoms with Crippen LogP contribution >= 0.6 is 0 Å². The van der Waals surface area contributed by atoms with E-state index in [1.807, 2.05) is 36.7 Å². The molecular formula is C22H26N2O4. The lowest BCUT2D eigenvalue weighted by atomic mass is 10.1. The first kappa shape index (κ1) is 21.2. The number of carboxylic acid groups (broad SMARTS) is 1. The molecule has 0 saturated heterocycles. The van der Waals surface area contributed by atoms with Gasteiger partial charge in [0.1, 0.15) is 18.2 Å². The second-order valence-corrected chi connectivity index (χ2v) is 6.24. The highest BCUT2D eigenvalue weighted by Gasteiger charge is 2.06. The lowest BCUT2D eigenvalue weighted by Gasteiger charge is -2.09. The van der Waals surface area contributed by atoms with Crippen LogP contribution in [0.25, 0.3) is 11.4 Å². The van der Waals surface area contributed by atoms with Crippen LogP contribution in [0.1, 0.15) is 17.5 Å². The number of hydrogen-bond acceptors (Lipinski definition) is 4. The first-order valence-electron chi connectivity index (χ1n) is 9.16. The Hall–Kier alpha value is -3.12. The highest BCUT2D eigenvalue weighted by Crippen LogP contribution is 2.21. The number of benzene rings is 2. The van der Waals surface area contributed by atoms with Crippen molar-refractivity contribution in [1.29, 1.82) is 0 Å². The standard InChI is InChI=1S/C21H24N2O2.CH2O2/c1-17-4-6-18(7-5-17)3-2-13-23-14-12-22-21(23)19-8-10-20(11-9-19)25-16-15-24;2-1-3/h4-12,14,24H,2-3,13,15-16H2,1H3;1H,(H,2,3). The maximum Gasteiger partial charge on any atom is 0.290 e. The predicted molar refractivity (Wildman–Crippen MR) is 108 cm³/mol. The maximum atomic E-state index is 8.81. The highest BCUT2D eigenvalue weighted by molar-refractivity contribution is 5.56. The fraction of sp³-hybridized carbons (Fsp3) is 0.273. The summed E-state index contributed by atoms with van der Waals surface area (Å²) in [4.78, 5) is 12.9. The summed E-state index contributed by atoms with van der Waals surface area (Å²) >= 11 is 0. The number of nitrogens with zero attached hydrogens (tertiary/aromatic N) is 2. The van der Waals surface area contributed by atoms with Crippen LogP contribution in [0.3, 0.4) is 0 Å². The minimum absolute atomic E-state index is 0.0210. The van der Waals surface area contributed by atoms with Crippen molar-refractivity contribution in [2.75, 3.05) is 13.2 Å². The minimum atomic E-state index is -0.250. The Bertz CT molecular complexity index is 827. The number of aliphatic hydroxyl groups excluding tert-OH is 1. The molecule has 0 saturated carbocycles. The molecule has 1 aromatic heterocycles. The Morgan fingerprint density at radius 3 is 2.43 bits per heavy atom. The zero-order valence-corrected chi connectivity index (χ0v) is 16.0. The van der Waals surface area contributed by atoms with E-state index in [0.717, 1.165) is 36.5 Å². The van der Waals surface area contributed by atoms with Gasteiger partial charge >= 0.3 is 0 Å². The molecule has 0 aliphatic carbocycles. The molecule has 0 fully saturated rings. The fourth-order valence-electron chi connectivity index (χ4n) is 2.82. The van der Waals surface area contributed by atoms with Crippen LogP contribution in [0.15, 0.2) is 60.9 Å². The molecule has 0 spiro atoms. The van der Waals surface area contributed by atoms with Crippen molar-refractivity contribution in [2.45, 2.75) is 26.3 Å². The molecule has 0 atom stereocenters. The average Bonchev–Trinajstić information content (AvgIpc) is 3.17. The summed E-state index contributed by atoms with van der Waals surface area (Å²) in [6, 6.07) is 16.6. The molecule has 0 unspecified atom stereocenters. The SMILES string of the molecule is Cc1ccc(CCCn2ccnc2-c2ccc(OCCO)cc2)cc1.O=CO. The van der Waals surface area contributed by atoms with Gasteiger partial charge in [0.25, 0.3) is 6.47 Å². The summed E-state index contributed by atoms with van der Waals surface area (Å²) in [5.74, 6) is 1.73. The van der Waals surface area contributed by atoms with Crippen LogP contribution < -0.4 is 4.74 Å². The van der Waals surface area contributed by atoms with E-state index in [1.54, 1.807) is 0 Å². The Morgan fingerprint density at radius 1 is 1.11 bits per heavy atom. The lowest BCUT2D eigenvalue weighted by molar-refractivity contribution is -0.122. The third kappa shape index (κ3) is 6.55. The van der Waals surface area contributed by atoms with Crippen molar-refractivity contribution < 1.29 is 19.7 Å². The Kier molecular flexibility index (Phi) is 8.75. The van der Waals surface area contributed by atoms with Gasteiger partial charge in [-0.3, -0.25) is 4.79 Å².